The van der Waals surface area contributed by atoms with Gasteiger partial charge in [-0.25, -0.2) is 0 Å². The summed E-state index contributed by atoms with van der Waals surface area (Å²) in [6, 6.07) is 1.74. The summed E-state index contributed by atoms with van der Waals surface area (Å²) in [6.45, 7) is 0. The first-order valence-corrected chi connectivity index (χ1v) is 7.29. The Bertz CT molecular complexity index is 164. The predicted molar refractivity (Wildman–Crippen MR) is 62.8 cm³/mol. The van der Waals surface area contributed by atoms with Crippen LogP contribution in [0.25, 0.3) is 0 Å². The molecule has 0 spiro atoms. The van der Waals surface area contributed by atoms with Gasteiger partial charge in [-0.15, -0.1) is 0 Å². The first-order valence-electron chi connectivity index (χ1n) is 6.35. The molecule has 14 heavy (non-hydrogen) atoms. The van der Waals surface area contributed by atoms with Gasteiger partial charge in [0.05, 0.1) is 0 Å². The largest absolute Gasteiger partial charge is 0.309 e. The van der Waals surface area contributed by atoms with E-state index in [2.05, 4.69) is 17.1 Å². The zero-order valence-corrected chi connectivity index (χ0v) is 9.69. The van der Waals surface area contributed by atoms with Gasteiger partial charge in [0.25, 0.3) is 0 Å². The number of hydrogen-bond acceptors (Lipinski definition) is 2. The molecule has 0 aromatic carbocycles. The van der Waals surface area contributed by atoms with Crippen molar-refractivity contribution in [3.8, 4) is 0 Å². The highest BCUT2D eigenvalue weighted by atomic mass is 32.2. The molecule has 3 fully saturated rings. The fourth-order valence-electron chi connectivity index (χ4n) is 3.40. The lowest BCUT2D eigenvalue weighted by molar-refractivity contribution is 0.284. The fraction of sp³-hybridized carbons (Fsp3) is 1.00. The van der Waals surface area contributed by atoms with E-state index in [1.54, 1.807) is 0 Å². The third kappa shape index (κ3) is 1.71. The number of rotatable bonds is 0. The molecule has 3 rings (SSSR count). The molecule has 1 saturated heterocycles. The molecule has 4 atom stereocenters. The SMILES string of the molecule is C1CC[C@@H]2S[C@@H]3CCCCC3NC2C1. The van der Waals surface area contributed by atoms with Gasteiger partial charge in [-0.05, 0) is 25.7 Å². The minimum absolute atomic E-state index is 0.869. The Morgan fingerprint density at radius 1 is 0.714 bits per heavy atom. The lowest BCUT2D eigenvalue weighted by Crippen LogP contribution is -2.56. The number of thioether (sulfide) groups is 1. The maximum absolute atomic E-state index is 3.94. The smallest absolute Gasteiger partial charge is 0.0204 e. The Balaban J connectivity index is 1.68. The van der Waals surface area contributed by atoms with E-state index >= 15 is 0 Å². The van der Waals surface area contributed by atoms with Gasteiger partial charge in [-0.3, -0.25) is 0 Å². The van der Waals surface area contributed by atoms with Crippen molar-refractivity contribution in [3.63, 3.8) is 0 Å². The summed E-state index contributed by atoms with van der Waals surface area (Å²) >= 11 is 2.34. The predicted octanol–water partition coefficient (Wildman–Crippen LogP) is 2.95. The number of fused-ring (bicyclic) bond motifs is 2. The van der Waals surface area contributed by atoms with Crippen LogP contribution in [0.5, 0.6) is 0 Å². The zero-order valence-electron chi connectivity index (χ0n) is 8.87. The van der Waals surface area contributed by atoms with Crippen molar-refractivity contribution in [1.29, 1.82) is 0 Å². The molecule has 0 aromatic heterocycles. The van der Waals surface area contributed by atoms with E-state index in [4.69, 9.17) is 0 Å². The van der Waals surface area contributed by atoms with Crippen molar-refractivity contribution < 1.29 is 0 Å². The van der Waals surface area contributed by atoms with Crippen molar-refractivity contribution in [2.75, 3.05) is 0 Å². The average Bonchev–Trinajstić information content (AvgIpc) is 2.26. The lowest BCUT2D eigenvalue weighted by atomic mass is 9.89. The summed E-state index contributed by atoms with van der Waals surface area (Å²) in [4.78, 5) is 0. The Morgan fingerprint density at radius 3 is 1.79 bits per heavy atom. The molecule has 2 heteroatoms. The standard InChI is InChI=1S/C12H21NS/c1-3-7-11-9(5-1)13-10-6-2-4-8-12(10)14-11/h9-13H,1-8H2/t9?,10?,11-,12+. The van der Waals surface area contributed by atoms with Crippen LogP contribution < -0.4 is 5.32 Å². The maximum Gasteiger partial charge on any atom is 0.0204 e. The van der Waals surface area contributed by atoms with Gasteiger partial charge in [0.15, 0.2) is 0 Å². The van der Waals surface area contributed by atoms with Gasteiger partial charge < -0.3 is 5.32 Å². The Hall–Kier alpha value is 0.310. The monoisotopic (exact) mass is 211 g/mol. The van der Waals surface area contributed by atoms with Gasteiger partial charge in [0.1, 0.15) is 0 Å². The molecule has 0 amide bonds. The van der Waals surface area contributed by atoms with Crippen LogP contribution in [0, 0.1) is 0 Å². The van der Waals surface area contributed by atoms with E-state index in [9.17, 15) is 0 Å². The van der Waals surface area contributed by atoms with Crippen LogP contribution in [0.2, 0.25) is 0 Å². The van der Waals surface area contributed by atoms with E-state index in [1.165, 1.54) is 51.4 Å². The molecule has 3 aliphatic rings. The van der Waals surface area contributed by atoms with Crippen molar-refractivity contribution >= 4 is 11.8 Å². The van der Waals surface area contributed by atoms with Crippen LogP contribution in [0.15, 0.2) is 0 Å². The Labute approximate surface area is 91.4 Å². The van der Waals surface area contributed by atoms with Crippen molar-refractivity contribution in [2.45, 2.75) is 74.0 Å². The summed E-state index contributed by atoms with van der Waals surface area (Å²) in [6.07, 6.45) is 11.7. The molecule has 2 unspecified atom stereocenters. The van der Waals surface area contributed by atoms with E-state index in [1.807, 2.05) is 0 Å². The minimum Gasteiger partial charge on any atom is -0.309 e. The van der Waals surface area contributed by atoms with E-state index < -0.39 is 0 Å². The van der Waals surface area contributed by atoms with Crippen molar-refractivity contribution in [1.82, 2.24) is 5.32 Å². The molecule has 0 radical (unpaired) electrons. The first kappa shape index (κ1) is 9.53. The number of hydrogen-bond donors (Lipinski definition) is 1. The minimum atomic E-state index is 0.869. The summed E-state index contributed by atoms with van der Waals surface area (Å²) in [5.41, 5.74) is 0. The normalized spacial score (nSPS) is 48.0. The molecular weight excluding hydrogens is 190 g/mol. The van der Waals surface area contributed by atoms with Crippen LogP contribution in [-0.2, 0) is 0 Å². The number of nitrogens with one attached hydrogen (secondary N) is 1. The third-order valence-electron chi connectivity index (χ3n) is 4.18. The summed E-state index contributed by atoms with van der Waals surface area (Å²) in [5, 5.41) is 5.86. The summed E-state index contributed by atoms with van der Waals surface area (Å²) in [5.74, 6) is 0. The Morgan fingerprint density at radius 2 is 1.21 bits per heavy atom. The molecule has 1 heterocycles. The van der Waals surface area contributed by atoms with E-state index in [0.717, 1.165) is 22.6 Å². The van der Waals surface area contributed by atoms with Gasteiger partial charge in [0, 0.05) is 22.6 Å². The van der Waals surface area contributed by atoms with Crippen molar-refractivity contribution in [2.24, 2.45) is 0 Å². The van der Waals surface area contributed by atoms with Gasteiger partial charge in [0.2, 0.25) is 0 Å². The highest BCUT2D eigenvalue weighted by Gasteiger charge is 2.38. The topological polar surface area (TPSA) is 12.0 Å². The highest BCUT2D eigenvalue weighted by molar-refractivity contribution is 8.00. The second-order valence-corrected chi connectivity index (χ2v) is 6.64. The maximum atomic E-state index is 3.94. The molecule has 1 aliphatic heterocycles. The lowest BCUT2D eigenvalue weighted by Gasteiger charge is -2.46. The van der Waals surface area contributed by atoms with Crippen LogP contribution in [0.3, 0.4) is 0 Å². The van der Waals surface area contributed by atoms with Crippen LogP contribution in [0.1, 0.15) is 51.4 Å². The molecule has 0 bridgehead atoms. The van der Waals surface area contributed by atoms with E-state index in [-0.39, 0.29) is 0 Å². The molecule has 80 valence electrons. The third-order valence-corrected chi connectivity index (χ3v) is 6.01. The molecule has 0 aromatic rings. The second-order valence-electron chi connectivity index (χ2n) is 5.16. The second kappa shape index (κ2) is 4.05. The molecule has 1 N–H and O–H groups in total. The first-order chi connectivity index (χ1) is 6.93. The molecule has 1 nitrogen and oxygen atoms in total. The molecule has 2 saturated carbocycles. The van der Waals surface area contributed by atoms with E-state index in [0.29, 0.717) is 0 Å². The van der Waals surface area contributed by atoms with Gasteiger partial charge in [-0.2, -0.15) is 11.8 Å². The summed E-state index contributed by atoms with van der Waals surface area (Å²) in [7, 11) is 0. The highest BCUT2D eigenvalue weighted by Crippen LogP contribution is 2.41. The van der Waals surface area contributed by atoms with Crippen LogP contribution in [-0.4, -0.2) is 22.6 Å². The fourth-order valence-corrected chi connectivity index (χ4v) is 5.26. The van der Waals surface area contributed by atoms with Crippen molar-refractivity contribution in [3.05, 3.63) is 0 Å². The summed E-state index contributed by atoms with van der Waals surface area (Å²) < 4.78 is 0. The molecule has 2 aliphatic carbocycles. The van der Waals surface area contributed by atoms with Gasteiger partial charge >= 0.3 is 0 Å². The van der Waals surface area contributed by atoms with Gasteiger partial charge in [-0.1, -0.05) is 25.7 Å². The van der Waals surface area contributed by atoms with Crippen LogP contribution in [0.4, 0.5) is 0 Å². The average molecular weight is 211 g/mol. The Kier molecular flexibility index (Phi) is 2.76. The quantitative estimate of drug-likeness (QED) is 0.661. The van der Waals surface area contributed by atoms with Crippen LogP contribution >= 0.6 is 11.8 Å². The molecular formula is C12H21NS. The zero-order chi connectivity index (χ0) is 9.38.